The molecule has 0 atom stereocenters. The average molecular weight is 225 g/mol. The van der Waals surface area contributed by atoms with E-state index in [9.17, 15) is 5.21 Å². The molecule has 0 amide bonds. The largest absolute Gasteiger partial charge is 0.691 e. The van der Waals surface area contributed by atoms with Crippen molar-refractivity contribution in [1.29, 1.82) is 0 Å². The lowest BCUT2D eigenvalue weighted by Gasteiger charge is -1.95. The summed E-state index contributed by atoms with van der Waals surface area (Å²) in [6, 6.07) is 15.3. The quantitative estimate of drug-likeness (QED) is 0.469. The molecule has 0 N–H and O–H groups in total. The minimum Gasteiger partial charge on any atom is -0.691 e. The van der Waals surface area contributed by atoms with Gasteiger partial charge in [-0.2, -0.15) is 0 Å². The van der Waals surface area contributed by atoms with Crippen molar-refractivity contribution >= 4 is 11.0 Å². The first-order valence-corrected chi connectivity index (χ1v) is 5.40. The first-order chi connectivity index (χ1) is 8.25. The highest BCUT2D eigenvalue weighted by atomic mass is 16.5. The average Bonchev–Trinajstić information content (AvgIpc) is 2.69. The van der Waals surface area contributed by atoms with Crippen LogP contribution in [0.25, 0.3) is 16.7 Å². The third-order valence-corrected chi connectivity index (χ3v) is 2.77. The van der Waals surface area contributed by atoms with Gasteiger partial charge in [0.25, 0.3) is 0 Å². The molecule has 0 saturated heterocycles. The van der Waals surface area contributed by atoms with Gasteiger partial charge in [0.1, 0.15) is 5.21 Å². The molecule has 0 bridgehead atoms. The van der Waals surface area contributed by atoms with Crippen LogP contribution in [0.3, 0.4) is 0 Å². The van der Waals surface area contributed by atoms with E-state index in [0.29, 0.717) is 10.4 Å². The third kappa shape index (κ3) is 1.54. The van der Waals surface area contributed by atoms with E-state index in [1.54, 1.807) is 10.7 Å². The summed E-state index contributed by atoms with van der Waals surface area (Å²) in [5, 5.41) is 15.6. The van der Waals surface area contributed by atoms with E-state index in [1.165, 1.54) is 5.56 Å². The smallest absolute Gasteiger partial charge is 0.205 e. The number of hydrogen-bond donors (Lipinski definition) is 0. The predicted octanol–water partition coefficient (Wildman–Crippen LogP) is 1.97. The molecule has 84 valence electrons. The van der Waals surface area contributed by atoms with Crippen LogP contribution in [0.15, 0.2) is 48.5 Å². The lowest BCUT2D eigenvalue weighted by molar-refractivity contribution is -0.645. The summed E-state index contributed by atoms with van der Waals surface area (Å²) < 4.78 is 1.65. The van der Waals surface area contributed by atoms with Gasteiger partial charge < -0.3 is 5.21 Å². The van der Waals surface area contributed by atoms with E-state index in [-0.39, 0.29) is 0 Å². The van der Waals surface area contributed by atoms with Crippen molar-refractivity contribution < 1.29 is 4.85 Å². The van der Waals surface area contributed by atoms with E-state index in [0.717, 1.165) is 11.2 Å². The van der Waals surface area contributed by atoms with E-state index < -0.39 is 0 Å². The lowest BCUT2D eigenvalue weighted by Crippen LogP contribution is -2.29. The summed E-state index contributed by atoms with van der Waals surface area (Å²) in [6.45, 7) is 2.03. The fourth-order valence-corrected chi connectivity index (χ4v) is 1.86. The van der Waals surface area contributed by atoms with Crippen LogP contribution in [0, 0.1) is 12.1 Å². The second-order valence-electron chi connectivity index (χ2n) is 4.00. The number of hydrogen-bond acceptors (Lipinski definition) is 2. The number of nitrogens with zero attached hydrogens (tertiary/aromatic N) is 3. The number of aromatic nitrogens is 3. The first-order valence-electron chi connectivity index (χ1n) is 5.40. The minimum atomic E-state index is 0.577. The highest BCUT2D eigenvalue weighted by Crippen LogP contribution is 2.15. The number of fused-ring (bicyclic) bond motifs is 1. The van der Waals surface area contributed by atoms with E-state index >= 15 is 0 Å². The summed E-state index contributed by atoms with van der Waals surface area (Å²) in [4.78, 5) is 0.648. The number of aryl methyl sites for hydroxylation is 1. The number of rotatable bonds is 1. The van der Waals surface area contributed by atoms with Crippen molar-refractivity contribution in [2.45, 2.75) is 6.92 Å². The standard InChI is InChI=1S/C13H11N3O/c1-10-6-8-11(9-7-10)15-12-4-2-3-5-13(12)16(17)14-15/h2-9H,1H3. The zero-order valence-electron chi connectivity index (χ0n) is 9.37. The fourth-order valence-electron chi connectivity index (χ4n) is 1.86. The lowest BCUT2D eigenvalue weighted by atomic mass is 10.2. The number of benzene rings is 2. The molecule has 0 saturated carbocycles. The van der Waals surface area contributed by atoms with Crippen LogP contribution in [0.4, 0.5) is 0 Å². The summed E-state index contributed by atoms with van der Waals surface area (Å²) in [5.41, 5.74) is 3.46. The van der Waals surface area contributed by atoms with Gasteiger partial charge in [-0.05, 0) is 31.2 Å². The van der Waals surface area contributed by atoms with Crippen LogP contribution in [-0.4, -0.2) is 9.90 Å². The Labute approximate surface area is 98.3 Å². The van der Waals surface area contributed by atoms with Crippen molar-refractivity contribution in [3.8, 4) is 5.69 Å². The fraction of sp³-hybridized carbons (Fsp3) is 0.0769. The molecule has 17 heavy (non-hydrogen) atoms. The highest BCUT2D eigenvalue weighted by molar-refractivity contribution is 5.73. The van der Waals surface area contributed by atoms with Gasteiger partial charge in [0.2, 0.25) is 11.0 Å². The molecule has 0 radical (unpaired) electrons. The zero-order valence-corrected chi connectivity index (χ0v) is 9.37. The van der Waals surface area contributed by atoms with E-state index in [1.807, 2.05) is 49.4 Å². The minimum absolute atomic E-state index is 0.577. The third-order valence-electron chi connectivity index (χ3n) is 2.77. The van der Waals surface area contributed by atoms with Crippen molar-refractivity contribution in [3.05, 3.63) is 59.3 Å². The molecular weight excluding hydrogens is 214 g/mol. The Kier molecular flexibility index (Phi) is 2.08. The predicted molar refractivity (Wildman–Crippen MR) is 64.8 cm³/mol. The Bertz CT molecular complexity index is 671. The second kappa shape index (κ2) is 3.59. The number of para-hydroxylation sites is 2. The Hall–Kier alpha value is -2.36. The first kappa shape index (κ1) is 9.84. The molecule has 0 fully saturated rings. The van der Waals surface area contributed by atoms with Crippen molar-refractivity contribution in [2.24, 2.45) is 0 Å². The van der Waals surface area contributed by atoms with Gasteiger partial charge >= 0.3 is 0 Å². The van der Waals surface area contributed by atoms with Crippen LogP contribution in [0.5, 0.6) is 0 Å². The van der Waals surface area contributed by atoms with Crippen LogP contribution in [0.2, 0.25) is 0 Å². The molecule has 1 aromatic heterocycles. The maximum atomic E-state index is 11.6. The molecule has 3 rings (SSSR count). The summed E-state index contributed by atoms with van der Waals surface area (Å²) in [7, 11) is 0. The monoisotopic (exact) mass is 225 g/mol. The summed E-state index contributed by atoms with van der Waals surface area (Å²) >= 11 is 0. The molecule has 0 unspecified atom stereocenters. The molecule has 0 spiro atoms. The molecule has 2 aromatic carbocycles. The summed E-state index contributed by atoms with van der Waals surface area (Å²) in [6.07, 6.45) is 0. The Morgan fingerprint density at radius 3 is 2.53 bits per heavy atom. The second-order valence-corrected chi connectivity index (χ2v) is 4.00. The van der Waals surface area contributed by atoms with Gasteiger partial charge in [-0.25, -0.2) is 0 Å². The van der Waals surface area contributed by atoms with Crippen LogP contribution in [0.1, 0.15) is 5.56 Å². The Balaban J connectivity index is 2.27. The SMILES string of the molecule is Cc1ccc(-n2n[n+]([O-])c3ccccc32)cc1. The molecule has 1 heterocycles. The molecular formula is C13H11N3O. The van der Waals surface area contributed by atoms with Crippen molar-refractivity contribution in [3.63, 3.8) is 0 Å². The van der Waals surface area contributed by atoms with Crippen molar-refractivity contribution in [2.75, 3.05) is 0 Å². The molecule has 0 aliphatic carbocycles. The molecule has 3 aromatic rings. The van der Waals surface area contributed by atoms with Gasteiger partial charge in [0.05, 0.1) is 0 Å². The maximum absolute atomic E-state index is 11.6. The van der Waals surface area contributed by atoms with Gasteiger partial charge in [0, 0.05) is 0 Å². The van der Waals surface area contributed by atoms with Gasteiger partial charge in [-0.1, -0.05) is 34.5 Å². The van der Waals surface area contributed by atoms with Gasteiger partial charge in [0.15, 0.2) is 5.69 Å². The van der Waals surface area contributed by atoms with E-state index in [4.69, 9.17) is 0 Å². The summed E-state index contributed by atoms with van der Waals surface area (Å²) in [5.74, 6) is 0. The zero-order chi connectivity index (χ0) is 11.8. The molecule has 0 aliphatic rings. The van der Waals surface area contributed by atoms with Crippen LogP contribution < -0.4 is 4.85 Å². The van der Waals surface area contributed by atoms with E-state index in [2.05, 4.69) is 5.21 Å². The highest BCUT2D eigenvalue weighted by Gasteiger charge is 2.14. The maximum Gasteiger partial charge on any atom is 0.205 e. The molecule has 4 heteroatoms. The normalized spacial score (nSPS) is 10.9. The topological polar surface area (TPSA) is 44.8 Å². The van der Waals surface area contributed by atoms with Crippen LogP contribution in [-0.2, 0) is 0 Å². The van der Waals surface area contributed by atoms with Crippen molar-refractivity contribution in [1.82, 2.24) is 9.90 Å². The van der Waals surface area contributed by atoms with Gasteiger partial charge in [-0.15, -0.1) is 4.85 Å². The molecule has 0 aliphatic heterocycles. The Morgan fingerprint density at radius 2 is 1.76 bits per heavy atom. The van der Waals surface area contributed by atoms with Crippen LogP contribution >= 0.6 is 0 Å². The van der Waals surface area contributed by atoms with Gasteiger partial charge in [-0.3, -0.25) is 0 Å². The Morgan fingerprint density at radius 1 is 1.06 bits per heavy atom. The molecule has 4 nitrogen and oxygen atoms in total.